The van der Waals surface area contributed by atoms with Gasteiger partial charge >= 0.3 is 5.97 Å². The van der Waals surface area contributed by atoms with Gasteiger partial charge in [-0.05, 0) is 17.7 Å². The second-order valence-electron chi connectivity index (χ2n) is 3.60. The average Bonchev–Trinajstić information content (AvgIpc) is 2.81. The van der Waals surface area contributed by atoms with Gasteiger partial charge in [-0.2, -0.15) is 0 Å². The van der Waals surface area contributed by atoms with Crippen molar-refractivity contribution < 1.29 is 23.6 Å². The van der Waals surface area contributed by atoms with Crippen LogP contribution in [0.25, 0.3) is 0 Å². The number of benzene rings is 1. The van der Waals surface area contributed by atoms with Crippen LogP contribution in [0.4, 0.5) is 4.39 Å². The van der Waals surface area contributed by atoms with E-state index in [0.717, 1.165) is 5.56 Å². The summed E-state index contributed by atoms with van der Waals surface area (Å²) in [6.07, 6.45) is 0. The number of hydrogen-bond donors (Lipinski definition) is 1. The van der Waals surface area contributed by atoms with E-state index in [-0.39, 0.29) is 24.7 Å². The third kappa shape index (κ3) is 3.14. The molecule has 2 aromatic rings. The number of carboxylic acids is 1. The molecule has 0 aliphatic rings. The summed E-state index contributed by atoms with van der Waals surface area (Å²) in [4.78, 5) is 10.5. The first-order valence-corrected chi connectivity index (χ1v) is 5.16. The van der Waals surface area contributed by atoms with E-state index in [4.69, 9.17) is 14.4 Å². The third-order valence-electron chi connectivity index (χ3n) is 2.20. The van der Waals surface area contributed by atoms with Gasteiger partial charge < -0.3 is 14.4 Å². The van der Waals surface area contributed by atoms with Crippen LogP contribution in [0.5, 0.6) is 0 Å². The van der Waals surface area contributed by atoms with Gasteiger partial charge in [-0.15, -0.1) is 0 Å². The summed E-state index contributed by atoms with van der Waals surface area (Å²) < 4.78 is 22.7. The van der Waals surface area contributed by atoms with E-state index in [0.29, 0.717) is 5.76 Å². The number of halogens is 1. The lowest BCUT2D eigenvalue weighted by molar-refractivity contribution is 0.0683. The maximum absolute atomic E-state index is 12.6. The van der Waals surface area contributed by atoms with Crippen LogP contribution >= 0.6 is 0 Å². The van der Waals surface area contributed by atoms with Crippen molar-refractivity contribution in [2.45, 2.75) is 13.2 Å². The lowest BCUT2D eigenvalue weighted by Crippen LogP contribution is -1.95. The number of carboxylic acid groups (broad SMARTS) is 1. The second-order valence-corrected chi connectivity index (χ2v) is 3.60. The molecule has 0 aliphatic heterocycles. The molecule has 6 heteroatoms. The number of ether oxygens (including phenoxy) is 1. The molecule has 1 N–H and O–H groups in total. The molecule has 0 saturated heterocycles. The average molecular weight is 251 g/mol. The topological polar surface area (TPSA) is 72.6 Å². The number of hydrogen-bond acceptors (Lipinski definition) is 4. The van der Waals surface area contributed by atoms with Gasteiger partial charge in [0.2, 0.25) is 0 Å². The Balaban J connectivity index is 1.84. The number of aromatic carboxylic acids is 1. The van der Waals surface area contributed by atoms with Gasteiger partial charge in [0.25, 0.3) is 0 Å². The molecule has 0 unspecified atom stereocenters. The normalized spacial score (nSPS) is 10.5. The number of nitrogens with zero attached hydrogens (tertiary/aromatic N) is 1. The van der Waals surface area contributed by atoms with Crippen LogP contribution in [-0.2, 0) is 18.0 Å². The van der Waals surface area contributed by atoms with E-state index in [1.165, 1.54) is 18.2 Å². The second kappa shape index (κ2) is 5.42. The molecule has 0 bridgehead atoms. The van der Waals surface area contributed by atoms with Gasteiger partial charge in [0.05, 0.1) is 6.61 Å². The Morgan fingerprint density at radius 2 is 2.06 bits per heavy atom. The Morgan fingerprint density at radius 3 is 2.67 bits per heavy atom. The molecule has 1 aromatic carbocycles. The van der Waals surface area contributed by atoms with E-state index in [1.54, 1.807) is 12.1 Å². The van der Waals surface area contributed by atoms with Crippen LogP contribution in [0.15, 0.2) is 34.9 Å². The third-order valence-corrected chi connectivity index (χ3v) is 2.20. The zero-order chi connectivity index (χ0) is 13.0. The van der Waals surface area contributed by atoms with Crippen molar-refractivity contribution in [2.24, 2.45) is 0 Å². The summed E-state index contributed by atoms with van der Waals surface area (Å²) in [6, 6.07) is 7.20. The summed E-state index contributed by atoms with van der Waals surface area (Å²) in [5.41, 5.74) is 0.657. The van der Waals surface area contributed by atoms with Crippen LogP contribution < -0.4 is 0 Å². The van der Waals surface area contributed by atoms with Gasteiger partial charge in [-0.1, -0.05) is 17.3 Å². The molecule has 5 nitrogen and oxygen atoms in total. The maximum atomic E-state index is 12.6. The van der Waals surface area contributed by atoms with Crippen molar-refractivity contribution in [1.82, 2.24) is 5.16 Å². The fourth-order valence-corrected chi connectivity index (χ4v) is 1.33. The lowest BCUT2D eigenvalue weighted by Gasteiger charge is -2.01. The lowest BCUT2D eigenvalue weighted by atomic mass is 10.2. The standard InChI is InChI=1S/C12H10FNO4/c13-9-3-1-8(2-4-9)6-17-7-10-5-11(12(15)16)14-18-10/h1-5H,6-7H2,(H,15,16). The molecule has 0 radical (unpaired) electrons. The predicted octanol–water partition coefficient (Wildman–Crippen LogP) is 2.23. The van der Waals surface area contributed by atoms with Crippen LogP contribution in [0.1, 0.15) is 21.8 Å². The van der Waals surface area contributed by atoms with Gasteiger partial charge in [0.15, 0.2) is 11.5 Å². The molecule has 1 heterocycles. The molecular weight excluding hydrogens is 241 g/mol. The number of rotatable bonds is 5. The molecule has 18 heavy (non-hydrogen) atoms. The van der Waals surface area contributed by atoms with Crippen LogP contribution in [0.2, 0.25) is 0 Å². The highest BCUT2D eigenvalue weighted by Gasteiger charge is 2.10. The quantitative estimate of drug-likeness (QED) is 0.882. The first-order chi connectivity index (χ1) is 8.65. The monoisotopic (exact) mass is 251 g/mol. The van der Waals surface area contributed by atoms with E-state index >= 15 is 0 Å². The number of carbonyl (C=O) groups is 1. The zero-order valence-corrected chi connectivity index (χ0v) is 9.30. The predicted molar refractivity (Wildman–Crippen MR) is 58.4 cm³/mol. The molecule has 0 spiro atoms. The molecule has 1 aromatic heterocycles. The molecule has 0 saturated carbocycles. The Bertz CT molecular complexity index is 535. The first kappa shape index (κ1) is 12.3. The van der Waals surface area contributed by atoms with Crippen molar-refractivity contribution >= 4 is 5.97 Å². The van der Waals surface area contributed by atoms with E-state index in [2.05, 4.69) is 5.16 Å². The summed E-state index contributed by atoms with van der Waals surface area (Å²) in [5, 5.41) is 12.0. The fourth-order valence-electron chi connectivity index (χ4n) is 1.33. The van der Waals surface area contributed by atoms with E-state index in [9.17, 15) is 9.18 Å². The van der Waals surface area contributed by atoms with E-state index < -0.39 is 5.97 Å². The Labute approximate surface area is 102 Å². The van der Waals surface area contributed by atoms with Crippen molar-refractivity contribution in [2.75, 3.05) is 0 Å². The Kier molecular flexibility index (Phi) is 3.69. The van der Waals surface area contributed by atoms with Crippen molar-refractivity contribution in [3.05, 3.63) is 53.2 Å². The molecule has 0 amide bonds. The van der Waals surface area contributed by atoms with E-state index in [1.807, 2.05) is 0 Å². The highest BCUT2D eigenvalue weighted by atomic mass is 19.1. The zero-order valence-electron chi connectivity index (χ0n) is 9.30. The Morgan fingerprint density at radius 1 is 1.33 bits per heavy atom. The molecule has 2 rings (SSSR count). The summed E-state index contributed by atoms with van der Waals surface area (Å²) >= 11 is 0. The minimum atomic E-state index is -1.15. The fraction of sp³-hybridized carbons (Fsp3) is 0.167. The van der Waals surface area contributed by atoms with Crippen molar-refractivity contribution in [3.8, 4) is 0 Å². The van der Waals surface area contributed by atoms with Crippen molar-refractivity contribution in [1.29, 1.82) is 0 Å². The molecule has 0 atom stereocenters. The minimum Gasteiger partial charge on any atom is -0.476 e. The molecule has 94 valence electrons. The summed E-state index contributed by atoms with van der Waals surface area (Å²) in [7, 11) is 0. The highest BCUT2D eigenvalue weighted by molar-refractivity contribution is 5.85. The SMILES string of the molecule is O=C(O)c1cc(COCc2ccc(F)cc2)on1. The van der Waals surface area contributed by atoms with Gasteiger partial charge in [0, 0.05) is 6.07 Å². The van der Waals surface area contributed by atoms with Gasteiger partial charge in [-0.25, -0.2) is 9.18 Å². The Hall–Kier alpha value is -2.21. The minimum absolute atomic E-state index is 0.109. The summed E-state index contributed by atoms with van der Waals surface area (Å²) in [6.45, 7) is 0.390. The highest BCUT2D eigenvalue weighted by Crippen LogP contribution is 2.08. The smallest absolute Gasteiger partial charge is 0.358 e. The largest absolute Gasteiger partial charge is 0.476 e. The van der Waals surface area contributed by atoms with Gasteiger partial charge in [-0.3, -0.25) is 0 Å². The molecule has 0 fully saturated rings. The first-order valence-electron chi connectivity index (χ1n) is 5.16. The van der Waals surface area contributed by atoms with Crippen LogP contribution in [0.3, 0.4) is 0 Å². The maximum Gasteiger partial charge on any atom is 0.358 e. The van der Waals surface area contributed by atoms with Crippen molar-refractivity contribution in [3.63, 3.8) is 0 Å². The molecule has 0 aliphatic carbocycles. The number of aromatic nitrogens is 1. The van der Waals surface area contributed by atoms with Crippen LogP contribution in [0, 0.1) is 5.82 Å². The summed E-state index contributed by atoms with van der Waals surface area (Å²) in [5.74, 6) is -1.13. The van der Waals surface area contributed by atoms with Crippen LogP contribution in [-0.4, -0.2) is 16.2 Å². The van der Waals surface area contributed by atoms with Gasteiger partial charge in [0.1, 0.15) is 12.4 Å². The molecular formula is C12H10FNO4.